The van der Waals surface area contributed by atoms with Crippen LogP contribution in [0.1, 0.15) is 12.0 Å². The Balaban J connectivity index is 2.40. The van der Waals surface area contributed by atoms with Crippen LogP contribution in [0.4, 0.5) is 10.1 Å². The molecule has 5 nitrogen and oxygen atoms in total. The van der Waals surface area contributed by atoms with Crippen molar-refractivity contribution < 1.29 is 14.3 Å². The number of rotatable bonds is 4. The van der Waals surface area contributed by atoms with Crippen molar-refractivity contribution in [3.05, 3.63) is 29.6 Å². The van der Waals surface area contributed by atoms with Gasteiger partial charge in [0, 0.05) is 20.1 Å². The van der Waals surface area contributed by atoms with Crippen LogP contribution in [-0.4, -0.2) is 43.6 Å². The zero-order valence-electron chi connectivity index (χ0n) is 10.7. The molecule has 19 heavy (non-hydrogen) atoms. The van der Waals surface area contributed by atoms with E-state index in [-0.39, 0.29) is 6.54 Å². The van der Waals surface area contributed by atoms with Gasteiger partial charge in [-0.3, -0.25) is 9.79 Å². The van der Waals surface area contributed by atoms with Gasteiger partial charge in [-0.05, 0) is 18.6 Å². The molecule has 0 unspecified atom stereocenters. The number of nitrogens with zero attached hydrogens (tertiary/aromatic N) is 2. The molecule has 1 heterocycles. The molecule has 2 rings (SSSR count). The number of halogens is 1. The molecule has 0 aromatic heterocycles. The molecule has 0 spiro atoms. The van der Waals surface area contributed by atoms with E-state index in [0.717, 1.165) is 13.0 Å². The minimum absolute atomic E-state index is 0.191. The molecule has 0 atom stereocenters. The van der Waals surface area contributed by atoms with Gasteiger partial charge in [-0.25, -0.2) is 4.39 Å². The lowest BCUT2D eigenvalue weighted by Gasteiger charge is -2.23. The molecule has 0 saturated heterocycles. The van der Waals surface area contributed by atoms with Gasteiger partial charge in [-0.15, -0.1) is 0 Å². The molecule has 0 saturated carbocycles. The molecule has 6 heteroatoms. The van der Waals surface area contributed by atoms with E-state index in [1.54, 1.807) is 19.2 Å². The standard InChI is InChI=1S/C13H16FN3O2/c1-17(8-11(18)19)10-5-2-4-9(14)12(10)13-15-6-3-7-16-13/h2,4-5H,3,6-8H2,1H3,(H,15,16)(H,18,19). The summed E-state index contributed by atoms with van der Waals surface area (Å²) in [4.78, 5) is 16.5. The third-order valence-corrected chi connectivity index (χ3v) is 2.91. The summed E-state index contributed by atoms with van der Waals surface area (Å²) in [5.41, 5.74) is 0.863. The van der Waals surface area contributed by atoms with Crippen molar-refractivity contribution in [2.24, 2.45) is 4.99 Å². The van der Waals surface area contributed by atoms with Crippen LogP contribution < -0.4 is 10.2 Å². The lowest BCUT2D eigenvalue weighted by atomic mass is 10.1. The van der Waals surface area contributed by atoms with E-state index < -0.39 is 11.8 Å². The number of aliphatic imine (C=N–C) groups is 1. The second-order valence-corrected chi connectivity index (χ2v) is 4.39. The van der Waals surface area contributed by atoms with Gasteiger partial charge in [0.25, 0.3) is 0 Å². The number of anilines is 1. The first-order valence-corrected chi connectivity index (χ1v) is 6.09. The maximum absolute atomic E-state index is 14.0. The largest absolute Gasteiger partial charge is 0.480 e. The van der Waals surface area contributed by atoms with Gasteiger partial charge in [-0.2, -0.15) is 0 Å². The fourth-order valence-electron chi connectivity index (χ4n) is 2.05. The molecule has 102 valence electrons. The molecular formula is C13H16FN3O2. The van der Waals surface area contributed by atoms with Crippen LogP contribution in [-0.2, 0) is 4.79 Å². The Bertz CT molecular complexity index is 517. The maximum atomic E-state index is 14.0. The Morgan fingerprint density at radius 2 is 2.37 bits per heavy atom. The molecule has 0 bridgehead atoms. The number of hydrogen-bond acceptors (Lipinski definition) is 4. The van der Waals surface area contributed by atoms with Gasteiger partial charge in [0.15, 0.2) is 0 Å². The molecule has 0 amide bonds. The van der Waals surface area contributed by atoms with Gasteiger partial charge in [0.05, 0.1) is 11.3 Å². The van der Waals surface area contributed by atoms with Gasteiger partial charge < -0.3 is 15.3 Å². The fourth-order valence-corrected chi connectivity index (χ4v) is 2.05. The number of aliphatic carboxylic acids is 1. The predicted molar refractivity (Wildman–Crippen MR) is 71.3 cm³/mol. The summed E-state index contributed by atoms with van der Waals surface area (Å²) in [6.07, 6.45) is 0.915. The van der Waals surface area contributed by atoms with Crippen molar-refractivity contribution in [2.45, 2.75) is 6.42 Å². The first-order chi connectivity index (χ1) is 9.09. The number of benzene rings is 1. The van der Waals surface area contributed by atoms with Crippen molar-refractivity contribution in [2.75, 3.05) is 31.6 Å². The van der Waals surface area contributed by atoms with E-state index in [1.165, 1.54) is 11.0 Å². The first kappa shape index (κ1) is 13.3. The van der Waals surface area contributed by atoms with Crippen LogP contribution in [0.3, 0.4) is 0 Å². The zero-order chi connectivity index (χ0) is 13.8. The van der Waals surface area contributed by atoms with Gasteiger partial charge >= 0.3 is 5.97 Å². The van der Waals surface area contributed by atoms with Crippen molar-refractivity contribution in [3.8, 4) is 0 Å². The Morgan fingerprint density at radius 1 is 1.58 bits per heavy atom. The average Bonchev–Trinajstić information content (AvgIpc) is 2.38. The highest BCUT2D eigenvalue weighted by molar-refractivity contribution is 6.04. The minimum Gasteiger partial charge on any atom is -0.480 e. The smallest absolute Gasteiger partial charge is 0.323 e. The molecule has 0 fully saturated rings. The highest BCUT2D eigenvalue weighted by Gasteiger charge is 2.19. The minimum atomic E-state index is -0.962. The molecule has 1 aromatic carbocycles. The van der Waals surface area contributed by atoms with E-state index in [0.29, 0.717) is 23.6 Å². The normalized spacial score (nSPS) is 14.5. The van der Waals surface area contributed by atoms with Crippen LogP contribution in [0.15, 0.2) is 23.2 Å². The summed E-state index contributed by atoms with van der Waals surface area (Å²) in [5.74, 6) is -0.865. The van der Waals surface area contributed by atoms with Crippen molar-refractivity contribution in [1.29, 1.82) is 0 Å². The maximum Gasteiger partial charge on any atom is 0.323 e. The summed E-state index contributed by atoms with van der Waals surface area (Å²) in [7, 11) is 1.62. The van der Waals surface area contributed by atoms with Gasteiger partial charge in [0.1, 0.15) is 18.2 Å². The van der Waals surface area contributed by atoms with Crippen LogP contribution in [0.25, 0.3) is 0 Å². The summed E-state index contributed by atoms with van der Waals surface area (Å²) in [5, 5.41) is 11.9. The third-order valence-electron chi connectivity index (χ3n) is 2.91. The van der Waals surface area contributed by atoms with Crippen LogP contribution in [0, 0.1) is 5.82 Å². The van der Waals surface area contributed by atoms with Gasteiger partial charge in [-0.1, -0.05) is 6.07 Å². The van der Waals surface area contributed by atoms with Gasteiger partial charge in [0.2, 0.25) is 0 Å². The van der Waals surface area contributed by atoms with E-state index in [9.17, 15) is 9.18 Å². The van der Waals surface area contributed by atoms with E-state index >= 15 is 0 Å². The zero-order valence-corrected chi connectivity index (χ0v) is 10.7. The number of nitrogens with one attached hydrogen (secondary N) is 1. The molecular weight excluding hydrogens is 249 g/mol. The lowest BCUT2D eigenvalue weighted by Crippen LogP contribution is -2.34. The Morgan fingerprint density at radius 3 is 3.00 bits per heavy atom. The average molecular weight is 265 g/mol. The quantitative estimate of drug-likeness (QED) is 0.855. The first-order valence-electron chi connectivity index (χ1n) is 6.09. The van der Waals surface area contributed by atoms with Crippen LogP contribution in [0.2, 0.25) is 0 Å². The lowest BCUT2D eigenvalue weighted by molar-refractivity contribution is -0.135. The Labute approximate surface area is 110 Å². The summed E-state index contributed by atoms with van der Waals surface area (Å²) in [6.45, 7) is 1.21. The highest BCUT2D eigenvalue weighted by atomic mass is 19.1. The highest BCUT2D eigenvalue weighted by Crippen LogP contribution is 2.23. The number of carboxylic acid groups (broad SMARTS) is 1. The summed E-state index contributed by atoms with van der Waals surface area (Å²) >= 11 is 0. The number of hydrogen-bond donors (Lipinski definition) is 2. The number of likely N-dealkylation sites (N-methyl/N-ethyl adjacent to an activating group) is 1. The molecule has 0 aliphatic carbocycles. The van der Waals surface area contributed by atoms with Crippen LogP contribution >= 0.6 is 0 Å². The molecule has 1 aliphatic rings. The third kappa shape index (κ3) is 3.01. The van der Waals surface area contributed by atoms with Crippen molar-refractivity contribution in [1.82, 2.24) is 5.32 Å². The van der Waals surface area contributed by atoms with E-state index in [2.05, 4.69) is 10.3 Å². The SMILES string of the molecule is CN(CC(=O)O)c1cccc(F)c1C1=NCCCN1. The fraction of sp³-hybridized carbons (Fsp3) is 0.385. The monoisotopic (exact) mass is 265 g/mol. The van der Waals surface area contributed by atoms with E-state index in [4.69, 9.17) is 5.11 Å². The molecule has 1 aromatic rings. The predicted octanol–water partition coefficient (Wildman–Crippen LogP) is 1.09. The van der Waals surface area contributed by atoms with Crippen molar-refractivity contribution in [3.63, 3.8) is 0 Å². The van der Waals surface area contributed by atoms with E-state index in [1.807, 2.05) is 0 Å². The number of carbonyl (C=O) groups is 1. The second kappa shape index (κ2) is 5.69. The Hall–Kier alpha value is -2.11. The molecule has 2 N–H and O–H groups in total. The summed E-state index contributed by atoms with van der Waals surface area (Å²) < 4.78 is 14.0. The second-order valence-electron chi connectivity index (χ2n) is 4.39. The van der Waals surface area contributed by atoms with Crippen LogP contribution in [0.5, 0.6) is 0 Å². The molecule has 1 aliphatic heterocycles. The molecule has 0 radical (unpaired) electrons. The topological polar surface area (TPSA) is 64.9 Å². The summed E-state index contributed by atoms with van der Waals surface area (Å²) in [6, 6.07) is 4.61. The number of carboxylic acids is 1. The van der Waals surface area contributed by atoms with Crippen molar-refractivity contribution >= 4 is 17.5 Å². The number of amidine groups is 1. The Kier molecular flexibility index (Phi) is 3.99.